The lowest BCUT2D eigenvalue weighted by molar-refractivity contribution is 0.0691. The van der Waals surface area contributed by atoms with Crippen molar-refractivity contribution in [3.05, 3.63) is 18.0 Å². The monoisotopic (exact) mass is 289 g/mol. The zero-order chi connectivity index (χ0) is 14.6. The van der Waals surface area contributed by atoms with Gasteiger partial charge in [-0.15, -0.1) is 0 Å². The first kappa shape index (κ1) is 15.7. The fourth-order valence-electron chi connectivity index (χ4n) is 1.56. The number of carboxylic acids is 1. The van der Waals surface area contributed by atoms with E-state index in [1.54, 1.807) is 0 Å². The quantitative estimate of drug-likeness (QED) is 0.752. The molecule has 0 saturated heterocycles. The third kappa shape index (κ3) is 4.05. The molecule has 0 aliphatic carbocycles. The maximum absolute atomic E-state index is 12.1. The summed E-state index contributed by atoms with van der Waals surface area (Å²) in [5, 5.41) is 8.76. The molecule has 0 radical (unpaired) electrons. The minimum absolute atomic E-state index is 0.0303. The summed E-state index contributed by atoms with van der Waals surface area (Å²) in [5.74, 6) is -1.18. The van der Waals surface area contributed by atoms with E-state index in [9.17, 15) is 13.2 Å². The number of H-pyrrole nitrogens is 1. The smallest absolute Gasteiger partial charge is 0.352 e. The Morgan fingerprint density at radius 1 is 1.32 bits per heavy atom. The van der Waals surface area contributed by atoms with Crippen molar-refractivity contribution in [1.29, 1.82) is 0 Å². The van der Waals surface area contributed by atoms with Crippen LogP contribution in [0.2, 0.25) is 0 Å². The topological polar surface area (TPSA) is 93.7 Å². The molecule has 0 aliphatic heterocycles. The molecule has 0 bridgehead atoms. The molecule has 1 aromatic heterocycles. The molecule has 108 valence electrons. The summed E-state index contributed by atoms with van der Waals surface area (Å²) in [6, 6.07) is 1.13. The number of nitrogens with zero attached hydrogens (tertiary/aromatic N) is 2. The van der Waals surface area contributed by atoms with Gasteiger partial charge in [0.15, 0.2) is 0 Å². The first-order chi connectivity index (χ1) is 8.75. The van der Waals surface area contributed by atoms with Crippen LogP contribution in [0.3, 0.4) is 0 Å². The molecule has 0 spiro atoms. The number of rotatable bonds is 7. The molecule has 0 amide bonds. The minimum Gasteiger partial charge on any atom is -0.477 e. The van der Waals surface area contributed by atoms with E-state index in [-0.39, 0.29) is 10.6 Å². The Morgan fingerprint density at radius 3 is 2.42 bits per heavy atom. The lowest BCUT2D eigenvalue weighted by Crippen LogP contribution is -2.29. The van der Waals surface area contributed by atoms with Gasteiger partial charge in [-0.3, -0.25) is 0 Å². The predicted molar refractivity (Wildman–Crippen MR) is 70.7 cm³/mol. The Morgan fingerprint density at radius 2 is 1.95 bits per heavy atom. The van der Waals surface area contributed by atoms with E-state index >= 15 is 0 Å². The molecule has 2 N–H and O–H groups in total. The van der Waals surface area contributed by atoms with E-state index in [0.717, 1.165) is 12.6 Å². The Kier molecular flexibility index (Phi) is 5.10. The van der Waals surface area contributed by atoms with Gasteiger partial charge < -0.3 is 15.0 Å². The van der Waals surface area contributed by atoms with Crippen molar-refractivity contribution in [3.63, 3.8) is 0 Å². The van der Waals surface area contributed by atoms with Crippen LogP contribution in [-0.2, 0) is 10.0 Å². The lowest BCUT2D eigenvalue weighted by atomic mass is 10.4. The second-order valence-electron chi connectivity index (χ2n) is 4.54. The van der Waals surface area contributed by atoms with E-state index < -0.39 is 16.0 Å². The number of sulfonamides is 1. The van der Waals surface area contributed by atoms with Crippen molar-refractivity contribution in [2.75, 3.05) is 34.2 Å². The maximum atomic E-state index is 12.1. The largest absolute Gasteiger partial charge is 0.477 e. The highest BCUT2D eigenvalue weighted by atomic mass is 32.2. The molecule has 1 heterocycles. The number of aromatic carboxylic acids is 1. The number of aromatic nitrogens is 1. The fourth-order valence-corrected chi connectivity index (χ4v) is 2.76. The van der Waals surface area contributed by atoms with Gasteiger partial charge in [-0.05, 0) is 33.1 Å². The van der Waals surface area contributed by atoms with Gasteiger partial charge in [0.2, 0.25) is 10.0 Å². The second-order valence-corrected chi connectivity index (χ2v) is 6.58. The van der Waals surface area contributed by atoms with Crippen LogP contribution in [0.5, 0.6) is 0 Å². The van der Waals surface area contributed by atoms with Crippen molar-refractivity contribution in [1.82, 2.24) is 14.2 Å². The summed E-state index contributed by atoms with van der Waals surface area (Å²) in [6.07, 6.45) is 1.90. The zero-order valence-corrected chi connectivity index (χ0v) is 12.1. The second kappa shape index (κ2) is 6.18. The average Bonchev–Trinajstić information content (AvgIpc) is 2.78. The Labute approximate surface area is 112 Å². The first-order valence-corrected chi connectivity index (χ1v) is 7.22. The molecule has 0 saturated carbocycles. The van der Waals surface area contributed by atoms with Crippen LogP contribution < -0.4 is 0 Å². The van der Waals surface area contributed by atoms with Gasteiger partial charge in [-0.1, -0.05) is 0 Å². The normalized spacial score (nSPS) is 12.3. The summed E-state index contributed by atoms with van der Waals surface area (Å²) in [5.41, 5.74) is -0.139. The zero-order valence-electron chi connectivity index (χ0n) is 11.3. The van der Waals surface area contributed by atoms with Crippen LogP contribution in [0.1, 0.15) is 16.9 Å². The highest BCUT2D eigenvalue weighted by molar-refractivity contribution is 7.89. The van der Waals surface area contributed by atoms with E-state index in [1.807, 2.05) is 19.0 Å². The molecule has 1 aromatic rings. The number of aromatic amines is 1. The van der Waals surface area contributed by atoms with Gasteiger partial charge in [0.05, 0.1) is 0 Å². The summed E-state index contributed by atoms with van der Waals surface area (Å²) in [7, 11) is 1.69. The van der Waals surface area contributed by atoms with Crippen LogP contribution in [0.25, 0.3) is 0 Å². The molecule has 0 aromatic carbocycles. The lowest BCUT2D eigenvalue weighted by Gasteiger charge is -2.17. The van der Waals surface area contributed by atoms with Gasteiger partial charge in [0.25, 0.3) is 0 Å². The van der Waals surface area contributed by atoms with E-state index in [4.69, 9.17) is 5.11 Å². The van der Waals surface area contributed by atoms with Gasteiger partial charge in [-0.2, -0.15) is 0 Å². The molecule has 0 fully saturated rings. The summed E-state index contributed by atoms with van der Waals surface area (Å²) in [6.45, 7) is 1.17. The van der Waals surface area contributed by atoms with Gasteiger partial charge in [0, 0.05) is 19.8 Å². The number of carboxylic acid groups (broad SMARTS) is 1. The Hall–Kier alpha value is -1.38. The molecular weight excluding hydrogens is 270 g/mol. The first-order valence-electron chi connectivity index (χ1n) is 5.78. The number of hydrogen-bond acceptors (Lipinski definition) is 4. The fraction of sp³-hybridized carbons (Fsp3) is 0.545. The van der Waals surface area contributed by atoms with Crippen molar-refractivity contribution < 1.29 is 18.3 Å². The molecule has 8 heteroatoms. The molecule has 19 heavy (non-hydrogen) atoms. The number of nitrogens with one attached hydrogen (secondary N) is 1. The van der Waals surface area contributed by atoms with Crippen LogP contribution in [-0.4, -0.2) is 67.9 Å². The van der Waals surface area contributed by atoms with Crippen molar-refractivity contribution in [2.24, 2.45) is 0 Å². The van der Waals surface area contributed by atoms with Crippen LogP contribution in [0, 0.1) is 0 Å². The molecule has 1 rings (SSSR count). The van der Waals surface area contributed by atoms with Crippen molar-refractivity contribution in [2.45, 2.75) is 11.3 Å². The third-order valence-electron chi connectivity index (χ3n) is 2.67. The maximum Gasteiger partial charge on any atom is 0.352 e. The van der Waals surface area contributed by atoms with E-state index in [0.29, 0.717) is 13.0 Å². The SMILES string of the molecule is CN(C)CCCN(C)S(=O)(=O)c1c[nH]c(C(=O)O)c1. The number of carbonyl (C=O) groups is 1. The minimum atomic E-state index is -3.63. The van der Waals surface area contributed by atoms with Gasteiger partial charge in [-0.25, -0.2) is 17.5 Å². The number of hydrogen-bond donors (Lipinski definition) is 2. The van der Waals surface area contributed by atoms with E-state index in [1.165, 1.54) is 17.5 Å². The van der Waals surface area contributed by atoms with Crippen molar-refractivity contribution >= 4 is 16.0 Å². The standard InChI is InChI=1S/C11H19N3O4S/c1-13(2)5-4-6-14(3)19(17,18)9-7-10(11(15)16)12-8-9/h7-8,12H,4-6H2,1-3H3,(H,15,16). The highest BCUT2D eigenvalue weighted by Gasteiger charge is 2.22. The Balaban J connectivity index is 2.75. The summed E-state index contributed by atoms with van der Waals surface area (Å²) >= 11 is 0. The summed E-state index contributed by atoms with van der Waals surface area (Å²) < 4.78 is 25.5. The highest BCUT2D eigenvalue weighted by Crippen LogP contribution is 2.15. The molecule has 0 atom stereocenters. The third-order valence-corrected chi connectivity index (χ3v) is 4.51. The Bertz CT molecular complexity index is 536. The average molecular weight is 289 g/mol. The summed E-state index contributed by atoms with van der Waals surface area (Å²) in [4.78, 5) is 15.1. The van der Waals surface area contributed by atoms with Gasteiger partial charge in [0.1, 0.15) is 10.6 Å². The molecule has 0 unspecified atom stereocenters. The molecule has 7 nitrogen and oxygen atoms in total. The van der Waals surface area contributed by atoms with Crippen molar-refractivity contribution in [3.8, 4) is 0 Å². The predicted octanol–water partition coefficient (Wildman–Crippen LogP) is 0.285. The van der Waals surface area contributed by atoms with Gasteiger partial charge >= 0.3 is 5.97 Å². The van der Waals surface area contributed by atoms with Crippen LogP contribution in [0.4, 0.5) is 0 Å². The molecule has 0 aliphatic rings. The van der Waals surface area contributed by atoms with Crippen LogP contribution in [0.15, 0.2) is 17.2 Å². The van der Waals surface area contributed by atoms with E-state index in [2.05, 4.69) is 4.98 Å². The van der Waals surface area contributed by atoms with Crippen LogP contribution >= 0.6 is 0 Å². The molecular formula is C11H19N3O4S.